The summed E-state index contributed by atoms with van der Waals surface area (Å²) < 4.78 is 13.5. The molecule has 0 unspecified atom stereocenters. The molecule has 2 fully saturated rings. The maximum Gasteiger partial charge on any atom is 0.203 e. The Hall–Kier alpha value is -2.84. The predicted molar refractivity (Wildman–Crippen MR) is 181 cm³/mol. The van der Waals surface area contributed by atoms with Crippen molar-refractivity contribution in [2.45, 2.75) is 83.3 Å². The zero-order valence-corrected chi connectivity index (χ0v) is 27.7. The molecule has 7 heteroatoms. The van der Waals surface area contributed by atoms with Crippen LogP contribution in [0.1, 0.15) is 89.5 Å². The van der Waals surface area contributed by atoms with Gasteiger partial charge in [0.2, 0.25) is 5.78 Å². The van der Waals surface area contributed by atoms with E-state index in [1.54, 1.807) is 0 Å². The first kappa shape index (κ1) is 32.1. The minimum absolute atomic E-state index is 0.0265. The van der Waals surface area contributed by atoms with Crippen molar-refractivity contribution >= 4 is 22.8 Å². The van der Waals surface area contributed by atoms with E-state index in [1.807, 2.05) is 37.3 Å². The van der Waals surface area contributed by atoms with Crippen LogP contribution in [0.5, 0.6) is 0 Å². The van der Waals surface area contributed by atoms with Gasteiger partial charge in [0.25, 0.3) is 0 Å². The number of hydrogen-bond acceptors (Lipinski definition) is 6. The normalized spacial score (nSPS) is 28.0. The number of thiophene rings is 1. The Bertz CT molecular complexity index is 1540. The molecular formula is C38H47FN2O3S. The van der Waals surface area contributed by atoms with E-state index in [-0.39, 0.29) is 17.5 Å². The second-order valence-corrected chi connectivity index (χ2v) is 15.2. The van der Waals surface area contributed by atoms with Crippen molar-refractivity contribution in [1.29, 1.82) is 0 Å². The number of carbonyl (C=O) groups is 1. The van der Waals surface area contributed by atoms with E-state index in [1.165, 1.54) is 29.0 Å². The highest BCUT2D eigenvalue weighted by atomic mass is 32.1. The summed E-state index contributed by atoms with van der Waals surface area (Å²) in [5, 5.41) is 23.5. The van der Waals surface area contributed by atoms with Crippen LogP contribution >= 0.6 is 11.3 Å². The lowest BCUT2D eigenvalue weighted by Crippen LogP contribution is -2.56. The van der Waals surface area contributed by atoms with Crippen LogP contribution in [0, 0.1) is 18.2 Å². The average Bonchev–Trinajstić information content (AvgIpc) is 3.56. The second kappa shape index (κ2) is 13.1. The minimum atomic E-state index is -0.913. The van der Waals surface area contributed by atoms with E-state index in [4.69, 9.17) is 0 Å². The highest BCUT2D eigenvalue weighted by Crippen LogP contribution is 2.59. The topological polar surface area (TPSA) is 64.0 Å². The van der Waals surface area contributed by atoms with Crippen molar-refractivity contribution in [2.75, 3.05) is 37.6 Å². The number of halogens is 1. The summed E-state index contributed by atoms with van der Waals surface area (Å²) in [6.45, 7) is 10.3. The van der Waals surface area contributed by atoms with E-state index < -0.39 is 17.1 Å². The number of carbonyl (C=O) groups excluding carboxylic acids is 1. The highest BCUT2D eigenvalue weighted by Gasteiger charge is 2.57. The first-order chi connectivity index (χ1) is 21.5. The molecule has 2 bridgehead atoms. The van der Waals surface area contributed by atoms with Gasteiger partial charge in [0.15, 0.2) is 0 Å². The summed E-state index contributed by atoms with van der Waals surface area (Å²) in [6, 6.07) is 16.9. The number of aryl methyl sites for hydroxylation is 1. The molecule has 0 radical (unpaired) electrons. The number of benzene rings is 2. The summed E-state index contributed by atoms with van der Waals surface area (Å²) >= 11 is 1.53. The Morgan fingerprint density at radius 3 is 2.47 bits per heavy atom. The van der Waals surface area contributed by atoms with Crippen LogP contribution in [0.3, 0.4) is 0 Å². The van der Waals surface area contributed by atoms with Crippen molar-refractivity contribution in [1.82, 2.24) is 4.90 Å². The fourth-order valence-corrected chi connectivity index (χ4v) is 8.89. The fraction of sp³-hybridized carbons (Fsp3) is 0.500. The molecule has 2 heterocycles. The van der Waals surface area contributed by atoms with E-state index >= 15 is 0 Å². The number of β-amino-alcohol motifs (C(OH)–C–C–N with tert-alkyl or cyclic N) is 1. The lowest BCUT2D eigenvalue weighted by atomic mass is 9.64. The molecule has 4 aliphatic rings. The molecule has 3 aromatic rings. The molecule has 45 heavy (non-hydrogen) atoms. The minimum Gasteiger partial charge on any atom is -0.393 e. The summed E-state index contributed by atoms with van der Waals surface area (Å²) in [6.07, 6.45) is 7.04. The Balaban J connectivity index is 1.31. The molecule has 240 valence electrons. The van der Waals surface area contributed by atoms with E-state index in [2.05, 4.69) is 41.9 Å². The molecule has 1 saturated carbocycles. The number of rotatable bonds is 5. The van der Waals surface area contributed by atoms with Gasteiger partial charge < -0.3 is 15.1 Å². The number of allylic oxidation sites excluding steroid dienone is 2. The summed E-state index contributed by atoms with van der Waals surface area (Å²) in [5.41, 5.74) is 3.69. The Labute approximate surface area is 271 Å². The molecule has 5 nitrogen and oxygen atoms in total. The van der Waals surface area contributed by atoms with E-state index in [0.29, 0.717) is 25.8 Å². The van der Waals surface area contributed by atoms with Gasteiger partial charge in [-0.2, -0.15) is 0 Å². The predicted octanol–water partition coefficient (Wildman–Crippen LogP) is 7.29. The van der Waals surface area contributed by atoms with Gasteiger partial charge in [0, 0.05) is 54.3 Å². The molecule has 1 aliphatic heterocycles. The van der Waals surface area contributed by atoms with Crippen molar-refractivity contribution in [2.24, 2.45) is 5.41 Å². The quantitative estimate of drug-likeness (QED) is 0.229. The first-order valence-electron chi connectivity index (χ1n) is 16.6. The molecule has 4 atom stereocenters. The zero-order chi connectivity index (χ0) is 31.8. The van der Waals surface area contributed by atoms with Crippen LogP contribution in [0.2, 0.25) is 0 Å². The number of anilines is 1. The van der Waals surface area contributed by atoms with Gasteiger partial charge in [-0.05, 0) is 118 Å². The monoisotopic (exact) mass is 630 g/mol. The highest BCUT2D eigenvalue weighted by molar-refractivity contribution is 7.14. The van der Waals surface area contributed by atoms with Crippen molar-refractivity contribution in [3.8, 4) is 0 Å². The molecule has 1 aromatic heterocycles. The lowest BCUT2D eigenvalue weighted by Gasteiger charge is -2.47. The molecule has 2 aromatic carbocycles. The fourth-order valence-electron chi connectivity index (χ4n) is 8.07. The number of hydrogen-bond donors (Lipinski definition) is 2. The van der Waals surface area contributed by atoms with Crippen molar-refractivity contribution in [3.63, 3.8) is 0 Å². The average molecular weight is 631 g/mol. The molecule has 3 aliphatic carbocycles. The Morgan fingerprint density at radius 2 is 1.76 bits per heavy atom. The van der Waals surface area contributed by atoms with Gasteiger partial charge in [-0.15, -0.1) is 11.3 Å². The number of aliphatic hydroxyl groups excluding tert-OH is 1. The largest absolute Gasteiger partial charge is 0.393 e. The van der Waals surface area contributed by atoms with Gasteiger partial charge in [0.1, 0.15) is 5.82 Å². The number of piperazine rings is 1. The maximum atomic E-state index is 14.1. The molecular weight excluding hydrogens is 583 g/mol. The van der Waals surface area contributed by atoms with Gasteiger partial charge >= 0.3 is 0 Å². The third kappa shape index (κ3) is 6.69. The van der Waals surface area contributed by atoms with E-state index in [9.17, 15) is 19.4 Å². The van der Waals surface area contributed by atoms with Gasteiger partial charge in [-0.25, -0.2) is 4.39 Å². The van der Waals surface area contributed by atoms with Crippen LogP contribution in [0.25, 0.3) is 0 Å². The van der Waals surface area contributed by atoms with Crippen LogP contribution < -0.4 is 4.90 Å². The maximum absolute atomic E-state index is 14.1. The summed E-state index contributed by atoms with van der Waals surface area (Å²) in [5.74, 6) is -0.157. The van der Waals surface area contributed by atoms with Gasteiger partial charge in [0.05, 0.1) is 16.6 Å². The number of aliphatic hydroxyl groups is 2. The lowest BCUT2D eigenvalue weighted by molar-refractivity contribution is -0.0841. The first-order valence-corrected chi connectivity index (χ1v) is 17.4. The summed E-state index contributed by atoms with van der Waals surface area (Å²) in [7, 11) is 0. The summed E-state index contributed by atoms with van der Waals surface area (Å²) in [4.78, 5) is 20.6. The molecule has 0 spiro atoms. The zero-order valence-electron chi connectivity index (χ0n) is 26.9. The van der Waals surface area contributed by atoms with Crippen LogP contribution in [-0.4, -0.2) is 65.3 Å². The smallest absolute Gasteiger partial charge is 0.203 e. The third-order valence-electron chi connectivity index (χ3n) is 10.9. The van der Waals surface area contributed by atoms with Crippen molar-refractivity contribution in [3.05, 3.63) is 98.5 Å². The van der Waals surface area contributed by atoms with Gasteiger partial charge in [-0.3, -0.25) is 9.69 Å². The molecule has 1 saturated heterocycles. The van der Waals surface area contributed by atoms with E-state index in [0.717, 1.165) is 84.0 Å². The number of ketones is 1. The van der Waals surface area contributed by atoms with Gasteiger partial charge in [-0.1, -0.05) is 30.7 Å². The Morgan fingerprint density at radius 1 is 1.00 bits per heavy atom. The number of nitrogens with zero attached hydrogens (tertiary/aromatic N) is 2. The van der Waals surface area contributed by atoms with Crippen LogP contribution in [-0.2, 0) is 6.42 Å². The Kier molecular flexibility index (Phi) is 9.36. The third-order valence-corrected chi connectivity index (χ3v) is 11.9. The number of fused-ring (bicyclic) bond motifs is 8. The van der Waals surface area contributed by atoms with Crippen molar-refractivity contribution < 1.29 is 19.4 Å². The van der Waals surface area contributed by atoms with Crippen LogP contribution in [0.4, 0.5) is 10.1 Å². The molecule has 2 N–H and O–H groups in total. The SMILES string of the molecule is CC1=CCC[C@@]2(C)[C@@H](CC[C@@]2(O)CN2CCN(c3ccc(F)cc3)CC2)c2ccc(cc2C(=O)c2ccc(C)s2)C[C@@H](O)CC1. The van der Waals surface area contributed by atoms with Crippen LogP contribution in [0.15, 0.2) is 66.2 Å². The molecule has 0 amide bonds. The second-order valence-electron chi connectivity index (χ2n) is 13.9. The standard InChI is InChI=1S/C38H47FN2O3S/c1-26-5-4-17-37(3)34(16-18-38(37,44)25-40-19-21-41(22-20-40)30-11-9-29(39)10-12-30)32-14-8-28(23-31(42)13-6-26)24-33(32)36(43)35-15-7-27(2)45-35/h5,7-12,14-15,24,31,34,42,44H,4,6,13,16-23,25H2,1-3H3/t31-,34-,37-,38+/m0/s1. The molecule has 7 rings (SSSR count).